The van der Waals surface area contributed by atoms with E-state index in [0.717, 1.165) is 11.1 Å². The summed E-state index contributed by atoms with van der Waals surface area (Å²) in [6.07, 6.45) is -1.11. The molecule has 0 bridgehead atoms. The molecule has 27 heavy (non-hydrogen) atoms. The Morgan fingerprint density at radius 1 is 1.07 bits per heavy atom. The Hall–Kier alpha value is -2.51. The van der Waals surface area contributed by atoms with Gasteiger partial charge in [0.05, 0.1) is 11.0 Å². The molecule has 0 fully saturated rings. The van der Waals surface area contributed by atoms with Gasteiger partial charge in [0.25, 0.3) is 5.91 Å². The number of hydrogen-bond donors (Lipinski definition) is 2. The highest BCUT2D eigenvalue weighted by Gasteiger charge is 2.21. The zero-order valence-corrected chi connectivity index (χ0v) is 16.1. The first-order valence-electron chi connectivity index (χ1n) is 8.08. The summed E-state index contributed by atoms with van der Waals surface area (Å²) in [5, 5.41) is 2.40. The molecule has 0 saturated carbocycles. The number of amides is 3. The number of thioether (sulfide) groups is 1. The van der Waals surface area contributed by atoms with E-state index in [1.165, 1.54) is 18.7 Å². The lowest BCUT2D eigenvalue weighted by molar-refractivity contribution is -0.151. The molecule has 3 N–H and O–H groups in total. The van der Waals surface area contributed by atoms with Crippen LogP contribution in [0.15, 0.2) is 54.6 Å². The molecule has 0 aromatic heterocycles. The van der Waals surface area contributed by atoms with Gasteiger partial charge in [-0.2, -0.15) is 0 Å². The molecule has 0 aliphatic carbocycles. The van der Waals surface area contributed by atoms with Gasteiger partial charge in [-0.3, -0.25) is 14.9 Å². The first-order chi connectivity index (χ1) is 12.9. The Morgan fingerprint density at radius 3 is 2.26 bits per heavy atom. The highest BCUT2D eigenvalue weighted by molar-refractivity contribution is 8.00. The summed E-state index contributed by atoms with van der Waals surface area (Å²) in [6.45, 7) is 1.37. The second-order valence-corrected chi connectivity index (χ2v) is 7.17. The Morgan fingerprint density at radius 2 is 1.67 bits per heavy atom. The largest absolute Gasteiger partial charge is 0.452 e. The summed E-state index contributed by atoms with van der Waals surface area (Å²) in [7, 11) is 0. The van der Waals surface area contributed by atoms with E-state index in [-0.39, 0.29) is 11.0 Å². The summed E-state index contributed by atoms with van der Waals surface area (Å²) in [5.41, 5.74) is 6.89. The van der Waals surface area contributed by atoms with Gasteiger partial charge < -0.3 is 10.5 Å². The lowest BCUT2D eigenvalue weighted by Gasteiger charge is -2.18. The van der Waals surface area contributed by atoms with Gasteiger partial charge in [-0.1, -0.05) is 54.1 Å². The smallest absolute Gasteiger partial charge is 0.318 e. The average molecular weight is 407 g/mol. The average Bonchev–Trinajstić information content (AvgIpc) is 2.63. The minimum absolute atomic E-state index is 0.0242. The van der Waals surface area contributed by atoms with Crippen LogP contribution in [0.1, 0.15) is 23.3 Å². The van der Waals surface area contributed by atoms with Crippen molar-refractivity contribution in [2.75, 3.05) is 5.75 Å². The van der Waals surface area contributed by atoms with E-state index >= 15 is 0 Å². The van der Waals surface area contributed by atoms with E-state index in [4.69, 9.17) is 22.1 Å². The molecule has 2 atom stereocenters. The summed E-state index contributed by atoms with van der Waals surface area (Å²) in [5.74, 6) is -1.31. The van der Waals surface area contributed by atoms with Crippen molar-refractivity contribution in [1.29, 1.82) is 0 Å². The summed E-state index contributed by atoms with van der Waals surface area (Å²) < 4.78 is 5.05. The van der Waals surface area contributed by atoms with Crippen LogP contribution in [0.5, 0.6) is 0 Å². The van der Waals surface area contributed by atoms with Crippen molar-refractivity contribution in [2.45, 2.75) is 18.3 Å². The molecular weight excluding hydrogens is 388 g/mol. The monoisotopic (exact) mass is 406 g/mol. The molecule has 2 aromatic carbocycles. The Bertz CT molecular complexity index is 799. The number of primary amides is 1. The van der Waals surface area contributed by atoms with E-state index < -0.39 is 24.0 Å². The van der Waals surface area contributed by atoms with Crippen molar-refractivity contribution in [3.05, 3.63) is 70.7 Å². The summed E-state index contributed by atoms with van der Waals surface area (Å²) in [6, 6.07) is 16.1. The van der Waals surface area contributed by atoms with Crippen molar-refractivity contribution in [3.8, 4) is 0 Å². The van der Waals surface area contributed by atoms with Crippen molar-refractivity contribution in [3.63, 3.8) is 0 Å². The molecule has 2 rings (SSSR count). The molecule has 0 aliphatic rings. The first kappa shape index (κ1) is 20.8. The zero-order valence-electron chi connectivity index (χ0n) is 14.6. The lowest BCUT2D eigenvalue weighted by Crippen LogP contribution is -2.42. The molecule has 0 aliphatic heterocycles. The van der Waals surface area contributed by atoms with Crippen molar-refractivity contribution < 1.29 is 19.1 Å². The van der Waals surface area contributed by atoms with Gasteiger partial charge in [0, 0.05) is 5.02 Å². The van der Waals surface area contributed by atoms with Gasteiger partial charge in [0.15, 0.2) is 6.10 Å². The molecule has 0 radical (unpaired) electrons. The molecule has 3 amide bonds. The van der Waals surface area contributed by atoms with E-state index in [9.17, 15) is 14.4 Å². The number of hydrogen-bond acceptors (Lipinski definition) is 5. The van der Waals surface area contributed by atoms with Crippen LogP contribution < -0.4 is 11.1 Å². The molecule has 0 saturated heterocycles. The number of benzene rings is 2. The van der Waals surface area contributed by atoms with Crippen LogP contribution in [0.4, 0.5) is 4.79 Å². The van der Waals surface area contributed by atoms with E-state index in [1.54, 1.807) is 12.1 Å². The van der Waals surface area contributed by atoms with E-state index in [1.807, 2.05) is 47.8 Å². The molecule has 142 valence electrons. The number of carbonyl (C=O) groups is 3. The highest BCUT2D eigenvalue weighted by Crippen LogP contribution is 2.36. The van der Waals surface area contributed by atoms with Crippen LogP contribution in [0.25, 0.3) is 0 Å². The normalized spacial score (nSPS) is 12.7. The fourth-order valence-electron chi connectivity index (χ4n) is 2.31. The third kappa shape index (κ3) is 6.62. The van der Waals surface area contributed by atoms with Crippen LogP contribution >= 0.6 is 23.4 Å². The number of rotatable bonds is 7. The van der Waals surface area contributed by atoms with Crippen LogP contribution in [0.2, 0.25) is 5.02 Å². The van der Waals surface area contributed by atoms with E-state index in [2.05, 4.69) is 0 Å². The van der Waals surface area contributed by atoms with Crippen LogP contribution in [0.3, 0.4) is 0 Å². The topological polar surface area (TPSA) is 98.5 Å². The molecule has 0 heterocycles. The maximum Gasteiger partial charge on any atom is 0.318 e. The van der Waals surface area contributed by atoms with Gasteiger partial charge in [-0.15, -0.1) is 11.8 Å². The van der Waals surface area contributed by atoms with Crippen LogP contribution in [-0.2, 0) is 14.3 Å². The van der Waals surface area contributed by atoms with Crippen molar-refractivity contribution >= 4 is 41.3 Å². The van der Waals surface area contributed by atoms with Gasteiger partial charge in [0.2, 0.25) is 0 Å². The number of ether oxygens (including phenoxy) is 1. The molecular formula is C19H19ClN2O4S. The number of nitrogens with two attached hydrogens (primary N) is 1. The number of esters is 1. The van der Waals surface area contributed by atoms with Crippen molar-refractivity contribution in [1.82, 2.24) is 5.32 Å². The SMILES string of the molecule is C[C@H](OC(=O)CS[C@H](c1ccccc1)c1ccc(Cl)cc1)C(=O)NC(N)=O. The molecule has 2 aromatic rings. The standard InChI is InChI=1S/C19H19ClN2O4S/c1-12(18(24)22-19(21)25)26-16(23)11-27-17(13-5-3-2-4-6-13)14-7-9-15(20)10-8-14/h2-10,12,17H,11H2,1H3,(H3,21,22,24,25)/t12-,17+/m0/s1. The number of urea groups is 1. The highest BCUT2D eigenvalue weighted by atomic mass is 35.5. The Kier molecular flexibility index (Phi) is 7.69. The Labute approximate surface area is 166 Å². The minimum Gasteiger partial charge on any atom is -0.452 e. The predicted molar refractivity (Wildman–Crippen MR) is 105 cm³/mol. The maximum atomic E-state index is 12.1. The number of carbonyl (C=O) groups excluding carboxylic acids is 3. The molecule has 0 unspecified atom stereocenters. The third-order valence-corrected chi connectivity index (χ3v) is 5.10. The number of nitrogens with one attached hydrogen (secondary N) is 1. The second-order valence-electron chi connectivity index (χ2n) is 5.64. The van der Waals surface area contributed by atoms with Crippen molar-refractivity contribution in [2.24, 2.45) is 5.73 Å². The fourth-order valence-corrected chi connectivity index (χ4v) is 3.51. The van der Waals surface area contributed by atoms with E-state index in [0.29, 0.717) is 5.02 Å². The Balaban J connectivity index is 2.03. The first-order valence-corrected chi connectivity index (χ1v) is 9.51. The molecule has 8 heteroatoms. The molecule has 0 spiro atoms. The van der Waals surface area contributed by atoms with Crippen LogP contribution in [-0.4, -0.2) is 29.8 Å². The second kappa shape index (κ2) is 9.99. The minimum atomic E-state index is -1.11. The molecule has 6 nitrogen and oxygen atoms in total. The van der Waals surface area contributed by atoms with Crippen LogP contribution in [0, 0.1) is 0 Å². The summed E-state index contributed by atoms with van der Waals surface area (Å²) >= 11 is 7.33. The number of halogens is 1. The fraction of sp³-hybridized carbons (Fsp3) is 0.211. The number of imide groups is 1. The predicted octanol–water partition coefficient (Wildman–Crippen LogP) is 3.29. The maximum absolute atomic E-state index is 12.1. The lowest BCUT2D eigenvalue weighted by atomic mass is 10.0. The summed E-state index contributed by atoms with van der Waals surface area (Å²) in [4.78, 5) is 34.4. The third-order valence-electron chi connectivity index (χ3n) is 3.57. The zero-order chi connectivity index (χ0) is 19.8. The van der Waals surface area contributed by atoms with Gasteiger partial charge >= 0.3 is 12.0 Å². The quantitative estimate of drug-likeness (QED) is 0.687. The van der Waals surface area contributed by atoms with Gasteiger partial charge in [-0.25, -0.2) is 4.79 Å². The van der Waals surface area contributed by atoms with Gasteiger partial charge in [0.1, 0.15) is 0 Å². The van der Waals surface area contributed by atoms with Gasteiger partial charge in [-0.05, 0) is 30.2 Å².